The van der Waals surface area contributed by atoms with Gasteiger partial charge in [0, 0.05) is 6.21 Å². The molecule has 0 heterocycles. The highest BCUT2D eigenvalue weighted by Crippen LogP contribution is 1.92. The van der Waals surface area contributed by atoms with Crippen molar-refractivity contribution in [2.75, 3.05) is 0 Å². The average molecular weight is 110 g/mol. The highest BCUT2D eigenvalue weighted by molar-refractivity contribution is 6.35. The lowest BCUT2D eigenvalue weighted by molar-refractivity contribution is 1.43. The van der Waals surface area contributed by atoms with Gasteiger partial charge in [0.05, 0.1) is 0 Å². The van der Waals surface area contributed by atoms with Gasteiger partial charge in [-0.2, -0.15) is 0 Å². The first-order valence-electron chi connectivity index (χ1n) is 2.76. The first-order chi connectivity index (χ1) is 3.85. The molecule has 44 valence electrons. The fourth-order valence-corrected chi connectivity index (χ4v) is 0.492. The summed E-state index contributed by atoms with van der Waals surface area (Å²) < 4.78 is 0. The van der Waals surface area contributed by atoms with E-state index in [0.717, 1.165) is 19.2 Å². The topological polar surface area (TPSA) is 49.9 Å². The maximum atomic E-state index is 6.79. The largest absolute Gasteiger partial charge is 0.404 e. The maximum absolute atomic E-state index is 6.79. The molecule has 0 saturated carbocycles. The molecule has 0 aromatic carbocycles. The summed E-state index contributed by atoms with van der Waals surface area (Å²) >= 11 is 0. The molecule has 0 aliphatic carbocycles. The molecule has 0 bridgehead atoms. The van der Waals surface area contributed by atoms with E-state index in [1.807, 2.05) is 0 Å². The lowest BCUT2D eigenvalue weighted by Gasteiger charge is -1.90. The van der Waals surface area contributed by atoms with E-state index in [1.54, 1.807) is 0 Å². The molecule has 0 amide bonds. The smallest absolute Gasteiger partial charge is 0.122 e. The lowest BCUT2D eigenvalue weighted by Crippen LogP contribution is -1.92. The Labute approximate surface area is 50.5 Å². The van der Waals surface area contributed by atoms with Crippen LogP contribution in [0.4, 0.5) is 0 Å². The van der Waals surface area contributed by atoms with Gasteiger partial charge in [0.15, 0.2) is 0 Å². The number of hydrogen-bond acceptors (Lipinski definition) is 2. The van der Waals surface area contributed by atoms with Gasteiger partial charge in [-0.25, -0.2) is 0 Å². The fraction of sp³-hybridized carbons (Fsp3) is 0.400. The van der Waals surface area contributed by atoms with Gasteiger partial charge < -0.3 is 11.1 Å². The molecule has 0 spiro atoms. The zero-order valence-corrected chi connectivity index (χ0v) is 5.15. The van der Waals surface area contributed by atoms with Crippen molar-refractivity contribution in [1.29, 1.82) is 5.41 Å². The van der Waals surface area contributed by atoms with E-state index in [0.29, 0.717) is 0 Å². The van der Waals surface area contributed by atoms with E-state index in [4.69, 9.17) is 11.1 Å². The van der Waals surface area contributed by atoms with Gasteiger partial charge in [0.25, 0.3) is 0 Å². The van der Waals surface area contributed by atoms with E-state index in [9.17, 15) is 0 Å². The van der Waals surface area contributed by atoms with Crippen molar-refractivity contribution in [2.45, 2.75) is 13.1 Å². The van der Waals surface area contributed by atoms with Crippen molar-refractivity contribution in [3.8, 4) is 0 Å². The van der Waals surface area contributed by atoms with Crippen molar-refractivity contribution < 1.29 is 0 Å². The van der Waals surface area contributed by atoms with E-state index in [-0.39, 0.29) is 0 Å². The standard InChI is InChI=1S/C5H11BN2/c1-6-2-5(3-7)4-8/h3-4,6-7H,2,8H2,1H3/b5-4-,7-3?. The zero-order chi connectivity index (χ0) is 6.41. The molecule has 0 saturated heterocycles. The van der Waals surface area contributed by atoms with Gasteiger partial charge in [-0.15, -0.1) is 0 Å². The molecule has 0 aliphatic rings. The van der Waals surface area contributed by atoms with Crippen molar-refractivity contribution in [1.82, 2.24) is 0 Å². The van der Waals surface area contributed by atoms with Crippen molar-refractivity contribution in [2.24, 2.45) is 5.73 Å². The van der Waals surface area contributed by atoms with Crippen LogP contribution in [0, 0.1) is 5.41 Å². The summed E-state index contributed by atoms with van der Waals surface area (Å²) in [5, 5.41) is 6.79. The first kappa shape index (κ1) is 7.27. The Kier molecular flexibility index (Phi) is 4.03. The van der Waals surface area contributed by atoms with Crippen LogP contribution in [-0.2, 0) is 0 Å². The molecule has 3 N–H and O–H groups in total. The Hall–Kier alpha value is -0.725. The van der Waals surface area contributed by atoms with Gasteiger partial charge in [0.2, 0.25) is 0 Å². The molecule has 0 aliphatic heterocycles. The van der Waals surface area contributed by atoms with Crippen LogP contribution in [0.5, 0.6) is 0 Å². The predicted octanol–water partition coefficient (Wildman–Crippen LogP) is 0.381. The molecular weight excluding hydrogens is 98.9 g/mol. The molecule has 2 nitrogen and oxygen atoms in total. The Bertz CT molecular complexity index is 98.6. The molecular formula is C5H11BN2. The second-order valence-electron chi connectivity index (χ2n) is 1.64. The second kappa shape index (κ2) is 4.43. The molecule has 0 fully saturated rings. The number of nitrogens with two attached hydrogens (primary N) is 1. The first-order valence-corrected chi connectivity index (χ1v) is 2.76. The van der Waals surface area contributed by atoms with Crippen LogP contribution >= 0.6 is 0 Å². The van der Waals surface area contributed by atoms with Crippen LogP contribution in [0.15, 0.2) is 11.8 Å². The number of nitrogens with one attached hydrogen (secondary N) is 1. The molecule has 0 atom stereocenters. The van der Waals surface area contributed by atoms with Crippen LogP contribution in [-0.4, -0.2) is 13.5 Å². The Morgan fingerprint density at radius 2 is 2.50 bits per heavy atom. The van der Waals surface area contributed by atoms with Crippen LogP contribution in [0.1, 0.15) is 0 Å². The molecule has 0 rings (SSSR count). The Morgan fingerprint density at radius 1 is 1.88 bits per heavy atom. The summed E-state index contributed by atoms with van der Waals surface area (Å²) in [6.07, 6.45) is 3.69. The monoisotopic (exact) mass is 110 g/mol. The second-order valence-corrected chi connectivity index (χ2v) is 1.64. The van der Waals surface area contributed by atoms with Crippen molar-refractivity contribution in [3.63, 3.8) is 0 Å². The molecule has 8 heavy (non-hydrogen) atoms. The summed E-state index contributed by atoms with van der Waals surface area (Å²) in [6, 6.07) is 0. The fourth-order valence-electron chi connectivity index (χ4n) is 0.492. The van der Waals surface area contributed by atoms with Crippen LogP contribution < -0.4 is 5.73 Å². The third kappa shape index (κ3) is 2.45. The molecule has 3 heteroatoms. The third-order valence-electron chi connectivity index (χ3n) is 0.938. The van der Waals surface area contributed by atoms with Gasteiger partial charge in [-0.1, -0.05) is 13.1 Å². The zero-order valence-electron chi connectivity index (χ0n) is 5.15. The highest BCUT2D eigenvalue weighted by atomic mass is 14.5. The van der Waals surface area contributed by atoms with Crippen LogP contribution in [0.3, 0.4) is 0 Å². The third-order valence-corrected chi connectivity index (χ3v) is 0.938. The van der Waals surface area contributed by atoms with Gasteiger partial charge in [-0.3, -0.25) is 0 Å². The van der Waals surface area contributed by atoms with Gasteiger partial charge in [0.1, 0.15) is 7.28 Å². The normalized spacial score (nSPS) is 10.9. The Morgan fingerprint density at radius 3 is 2.62 bits per heavy atom. The molecule has 0 unspecified atom stereocenters. The molecule has 0 aromatic rings. The predicted molar refractivity (Wildman–Crippen MR) is 38.9 cm³/mol. The van der Waals surface area contributed by atoms with Crippen molar-refractivity contribution >= 4 is 13.5 Å². The van der Waals surface area contributed by atoms with Gasteiger partial charge >= 0.3 is 0 Å². The van der Waals surface area contributed by atoms with E-state index >= 15 is 0 Å². The molecule has 0 radical (unpaired) electrons. The summed E-state index contributed by atoms with van der Waals surface area (Å²) in [7, 11) is 1.05. The summed E-state index contributed by atoms with van der Waals surface area (Å²) in [6.45, 7) is 2.06. The summed E-state index contributed by atoms with van der Waals surface area (Å²) in [5.41, 5.74) is 6.07. The molecule has 0 aromatic heterocycles. The lowest BCUT2D eigenvalue weighted by atomic mass is 9.75. The van der Waals surface area contributed by atoms with E-state index in [1.165, 1.54) is 12.4 Å². The highest BCUT2D eigenvalue weighted by Gasteiger charge is 1.87. The number of allylic oxidation sites excluding steroid dienone is 1. The average Bonchev–Trinajstić information content (AvgIpc) is 1.83. The Balaban J connectivity index is 3.54. The van der Waals surface area contributed by atoms with Crippen LogP contribution in [0.25, 0.3) is 0 Å². The maximum Gasteiger partial charge on any atom is 0.122 e. The number of hydrogen-bond donors (Lipinski definition) is 2. The SMILES string of the molecule is CBC/C(C=N)=C/N. The van der Waals surface area contributed by atoms with E-state index < -0.39 is 0 Å². The summed E-state index contributed by atoms with van der Waals surface area (Å²) in [5.74, 6) is 0. The summed E-state index contributed by atoms with van der Waals surface area (Å²) in [4.78, 5) is 0. The minimum absolute atomic E-state index is 0.910. The van der Waals surface area contributed by atoms with E-state index in [2.05, 4.69) is 6.82 Å². The van der Waals surface area contributed by atoms with Crippen molar-refractivity contribution in [3.05, 3.63) is 11.8 Å². The van der Waals surface area contributed by atoms with Crippen LogP contribution in [0.2, 0.25) is 13.1 Å². The quantitative estimate of drug-likeness (QED) is 0.400. The van der Waals surface area contributed by atoms with Gasteiger partial charge in [-0.05, 0) is 11.8 Å². The minimum atomic E-state index is 0.910. The number of rotatable bonds is 3. The minimum Gasteiger partial charge on any atom is -0.404 e.